The number of carbonyl (C=O) groups excluding carboxylic acids is 1. The fraction of sp³-hybridized carbons (Fsp3) is 0.879. The molecule has 6 heteroatoms. The van der Waals surface area contributed by atoms with Gasteiger partial charge >= 0.3 is 0 Å². The van der Waals surface area contributed by atoms with E-state index in [2.05, 4.69) is 55.6 Å². The van der Waals surface area contributed by atoms with Crippen molar-refractivity contribution in [3.8, 4) is 0 Å². The first-order valence-corrected chi connectivity index (χ1v) is 28.4. The molecule has 378 valence electrons. The van der Waals surface area contributed by atoms with Crippen molar-refractivity contribution in [3.63, 3.8) is 0 Å². The number of amides is 1. The highest BCUT2D eigenvalue weighted by atomic mass is 16.3. The summed E-state index contributed by atoms with van der Waals surface area (Å²) in [5.41, 5.74) is 0. The summed E-state index contributed by atoms with van der Waals surface area (Å²) in [6.07, 6.45) is 65.0. The zero-order valence-corrected chi connectivity index (χ0v) is 42.8. The third kappa shape index (κ3) is 45.7. The van der Waals surface area contributed by atoms with Gasteiger partial charge in [-0.15, -0.1) is 0 Å². The van der Waals surface area contributed by atoms with E-state index in [1.165, 1.54) is 225 Å². The molecule has 0 aromatic carbocycles. The number of hydrogen-bond acceptors (Lipinski definition) is 5. The molecule has 0 heterocycles. The molecule has 0 radical (unpaired) electrons. The van der Waals surface area contributed by atoms with E-state index >= 15 is 0 Å². The zero-order valence-electron chi connectivity index (χ0n) is 42.8. The van der Waals surface area contributed by atoms with E-state index in [-0.39, 0.29) is 0 Å². The molecule has 0 saturated heterocycles. The second-order valence-corrected chi connectivity index (χ2v) is 19.6. The highest BCUT2D eigenvalue weighted by Gasteiger charge is 2.28. The van der Waals surface area contributed by atoms with Crippen LogP contribution in [0, 0.1) is 0 Å². The predicted molar refractivity (Wildman–Crippen MR) is 279 cm³/mol. The van der Waals surface area contributed by atoms with Crippen molar-refractivity contribution in [2.75, 3.05) is 6.61 Å². The fourth-order valence-electron chi connectivity index (χ4n) is 8.83. The summed E-state index contributed by atoms with van der Waals surface area (Å²) in [6.45, 7) is 4.06. The van der Waals surface area contributed by atoms with Gasteiger partial charge in [0, 0.05) is 0 Å². The molecule has 0 saturated carbocycles. The van der Waals surface area contributed by atoms with Crippen LogP contribution in [-0.4, -0.2) is 57.3 Å². The van der Waals surface area contributed by atoms with E-state index in [0.717, 1.165) is 38.5 Å². The molecular formula is C58H111NO5. The molecule has 6 nitrogen and oxygen atoms in total. The van der Waals surface area contributed by atoms with Gasteiger partial charge in [-0.25, -0.2) is 0 Å². The number of aliphatic hydroxyl groups is 4. The van der Waals surface area contributed by atoms with Gasteiger partial charge in [-0.3, -0.25) is 4.79 Å². The van der Waals surface area contributed by atoms with Gasteiger partial charge in [-0.2, -0.15) is 0 Å². The Morgan fingerprint density at radius 3 is 0.984 bits per heavy atom. The van der Waals surface area contributed by atoms with Crippen LogP contribution in [0.1, 0.15) is 296 Å². The summed E-state index contributed by atoms with van der Waals surface area (Å²) in [7, 11) is 0. The topological polar surface area (TPSA) is 110 Å². The lowest BCUT2D eigenvalue weighted by atomic mass is 10.00. The number of nitrogens with one attached hydrogen (secondary N) is 1. The Labute approximate surface area is 398 Å². The van der Waals surface area contributed by atoms with Crippen LogP contribution in [0.5, 0.6) is 0 Å². The highest BCUT2D eigenvalue weighted by molar-refractivity contribution is 5.80. The Hall–Kier alpha value is -1.47. The first-order valence-electron chi connectivity index (χ1n) is 28.4. The molecule has 0 aliphatic heterocycles. The van der Waals surface area contributed by atoms with Gasteiger partial charge in [0.05, 0.1) is 18.8 Å². The molecule has 1 amide bonds. The molecule has 0 aliphatic carbocycles. The van der Waals surface area contributed by atoms with Crippen molar-refractivity contribution in [2.45, 2.75) is 321 Å². The third-order valence-corrected chi connectivity index (χ3v) is 13.3. The first kappa shape index (κ1) is 62.5. The average molecular weight is 903 g/mol. The minimum absolute atomic E-state index is 0.361. The minimum Gasteiger partial charge on any atom is -0.394 e. The smallest absolute Gasteiger partial charge is 0.249 e. The Morgan fingerprint density at radius 1 is 0.375 bits per heavy atom. The molecule has 5 N–H and O–H groups in total. The summed E-state index contributed by atoms with van der Waals surface area (Å²) in [5, 5.41) is 43.9. The molecule has 0 spiro atoms. The number of hydrogen-bond donors (Lipinski definition) is 5. The van der Waals surface area contributed by atoms with Gasteiger partial charge in [0.1, 0.15) is 12.2 Å². The molecule has 0 aromatic rings. The van der Waals surface area contributed by atoms with Crippen molar-refractivity contribution in [1.29, 1.82) is 0 Å². The summed E-state index contributed by atoms with van der Waals surface area (Å²) in [4.78, 5) is 12.6. The van der Waals surface area contributed by atoms with Crippen molar-refractivity contribution in [2.24, 2.45) is 0 Å². The summed E-state index contributed by atoms with van der Waals surface area (Å²) >= 11 is 0. The standard InChI is InChI=1S/C58H111NO5/c1-3-5-7-9-11-13-15-17-19-21-23-24-25-26-27-28-29-30-31-32-34-36-38-40-42-44-46-48-50-52-56(62)58(64)59-54(53-60)57(63)55(61)51-49-47-45-43-41-39-37-35-33-22-20-18-16-14-12-10-8-6-4-2/h26-27,35,37,43,45,54-57,60-63H,3-25,28-34,36,38-42,44,46-53H2,1-2H3,(H,59,64)/b27-26-,37-35+,45-43+. The monoisotopic (exact) mass is 902 g/mol. The minimum atomic E-state index is -1.29. The third-order valence-electron chi connectivity index (χ3n) is 13.3. The lowest BCUT2D eigenvalue weighted by Gasteiger charge is -2.27. The van der Waals surface area contributed by atoms with Crippen LogP contribution in [-0.2, 0) is 4.79 Å². The normalized spacial score (nSPS) is 14.0. The van der Waals surface area contributed by atoms with Gasteiger partial charge < -0.3 is 25.7 Å². The van der Waals surface area contributed by atoms with Crippen LogP contribution in [0.25, 0.3) is 0 Å². The van der Waals surface area contributed by atoms with Gasteiger partial charge in [0.25, 0.3) is 0 Å². The quantitative estimate of drug-likeness (QED) is 0.0309. The van der Waals surface area contributed by atoms with Crippen molar-refractivity contribution < 1.29 is 25.2 Å². The maximum atomic E-state index is 12.6. The number of unbranched alkanes of at least 4 members (excludes halogenated alkanes) is 37. The lowest BCUT2D eigenvalue weighted by molar-refractivity contribution is -0.132. The molecule has 0 rings (SSSR count). The van der Waals surface area contributed by atoms with E-state index < -0.39 is 36.9 Å². The molecule has 0 aromatic heterocycles. The van der Waals surface area contributed by atoms with Gasteiger partial charge in [-0.1, -0.05) is 256 Å². The maximum absolute atomic E-state index is 12.6. The Balaban J connectivity index is 3.65. The number of rotatable bonds is 52. The van der Waals surface area contributed by atoms with Crippen molar-refractivity contribution >= 4 is 5.91 Å². The van der Waals surface area contributed by atoms with Crippen LogP contribution >= 0.6 is 0 Å². The molecule has 4 atom stereocenters. The lowest BCUT2D eigenvalue weighted by Crippen LogP contribution is -2.53. The van der Waals surface area contributed by atoms with E-state index in [1.54, 1.807) is 0 Å². The average Bonchev–Trinajstić information content (AvgIpc) is 3.30. The number of allylic oxidation sites excluding steroid dienone is 6. The maximum Gasteiger partial charge on any atom is 0.249 e. The van der Waals surface area contributed by atoms with Gasteiger partial charge in [0.2, 0.25) is 5.91 Å². The van der Waals surface area contributed by atoms with Crippen molar-refractivity contribution in [3.05, 3.63) is 36.5 Å². The van der Waals surface area contributed by atoms with Crippen molar-refractivity contribution in [1.82, 2.24) is 5.32 Å². The summed E-state index contributed by atoms with van der Waals surface area (Å²) in [6, 6.07) is -1.01. The molecule has 4 unspecified atom stereocenters. The van der Waals surface area contributed by atoms with Crippen LogP contribution in [0.2, 0.25) is 0 Å². The largest absolute Gasteiger partial charge is 0.394 e. The fourth-order valence-corrected chi connectivity index (χ4v) is 8.83. The van der Waals surface area contributed by atoms with Gasteiger partial charge in [-0.05, 0) is 77.0 Å². The second kappa shape index (κ2) is 52.5. The van der Waals surface area contributed by atoms with E-state index in [4.69, 9.17) is 0 Å². The van der Waals surface area contributed by atoms with Crippen LogP contribution in [0.15, 0.2) is 36.5 Å². The van der Waals surface area contributed by atoms with Crippen LogP contribution < -0.4 is 5.32 Å². The predicted octanol–water partition coefficient (Wildman–Crippen LogP) is 16.4. The SMILES string of the molecule is CCCCCCCCCCCC/C=C/CC/C=C/CCCC(O)C(O)C(CO)NC(=O)C(O)CCCCCCCCCCCCCCC/C=C\CCCCCCCCCCCCCC. The Bertz CT molecular complexity index is 1010. The van der Waals surface area contributed by atoms with Crippen LogP contribution in [0.3, 0.4) is 0 Å². The van der Waals surface area contributed by atoms with E-state index in [9.17, 15) is 25.2 Å². The molecular weight excluding hydrogens is 791 g/mol. The highest BCUT2D eigenvalue weighted by Crippen LogP contribution is 2.17. The Kier molecular flexibility index (Phi) is 51.3. The summed E-state index contributed by atoms with van der Waals surface area (Å²) < 4.78 is 0. The Morgan fingerprint density at radius 2 is 0.656 bits per heavy atom. The van der Waals surface area contributed by atoms with Crippen LogP contribution in [0.4, 0.5) is 0 Å². The number of aliphatic hydroxyl groups excluding tert-OH is 4. The van der Waals surface area contributed by atoms with E-state index in [0.29, 0.717) is 19.3 Å². The summed E-state index contributed by atoms with van der Waals surface area (Å²) in [5.74, 6) is -0.595. The number of carbonyl (C=O) groups is 1. The molecule has 0 aliphatic rings. The second-order valence-electron chi connectivity index (χ2n) is 19.6. The zero-order chi connectivity index (χ0) is 46.7. The van der Waals surface area contributed by atoms with E-state index in [1.807, 2.05) is 0 Å². The first-order chi connectivity index (χ1) is 31.5. The molecule has 0 bridgehead atoms. The van der Waals surface area contributed by atoms with Gasteiger partial charge in [0.15, 0.2) is 0 Å². The molecule has 0 fully saturated rings. The molecule has 64 heavy (non-hydrogen) atoms.